The summed E-state index contributed by atoms with van der Waals surface area (Å²) >= 11 is 0. The largest absolute Gasteiger partial charge is 0.375 e. The van der Waals surface area contributed by atoms with E-state index in [0.717, 1.165) is 42.4 Å². The van der Waals surface area contributed by atoms with Gasteiger partial charge in [-0.2, -0.15) is 5.10 Å². The standard InChI is InChI=1S/C19H25N5O2/c1-23-18-10-24(19(25)5-4-15-8-20-13-21-9-15)7-6-16(18)17(22-23)12-26-11-14-2-3-14/h8-9,13-14H,2-7,10-12H2,1H3. The van der Waals surface area contributed by atoms with E-state index in [-0.39, 0.29) is 5.91 Å². The Balaban J connectivity index is 1.34. The third-order valence-electron chi connectivity index (χ3n) is 5.21. The molecule has 1 fully saturated rings. The Morgan fingerprint density at radius 3 is 2.88 bits per heavy atom. The van der Waals surface area contributed by atoms with Gasteiger partial charge in [-0.3, -0.25) is 9.48 Å². The minimum Gasteiger partial charge on any atom is -0.375 e. The van der Waals surface area contributed by atoms with E-state index < -0.39 is 0 Å². The van der Waals surface area contributed by atoms with Crippen molar-refractivity contribution in [3.05, 3.63) is 41.2 Å². The highest BCUT2D eigenvalue weighted by molar-refractivity contribution is 5.76. The summed E-state index contributed by atoms with van der Waals surface area (Å²) in [5.74, 6) is 0.935. The molecule has 26 heavy (non-hydrogen) atoms. The highest BCUT2D eigenvalue weighted by Gasteiger charge is 2.27. The van der Waals surface area contributed by atoms with E-state index in [1.54, 1.807) is 12.4 Å². The van der Waals surface area contributed by atoms with Gasteiger partial charge < -0.3 is 9.64 Å². The zero-order valence-corrected chi connectivity index (χ0v) is 15.2. The van der Waals surface area contributed by atoms with Crippen LogP contribution >= 0.6 is 0 Å². The Morgan fingerprint density at radius 1 is 1.31 bits per heavy atom. The minimum atomic E-state index is 0.173. The Kier molecular flexibility index (Phi) is 4.97. The topological polar surface area (TPSA) is 73.1 Å². The van der Waals surface area contributed by atoms with Crippen LogP contribution in [-0.4, -0.2) is 43.7 Å². The van der Waals surface area contributed by atoms with Gasteiger partial charge in [0, 0.05) is 44.6 Å². The molecule has 0 bridgehead atoms. The molecular formula is C19H25N5O2. The third-order valence-corrected chi connectivity index (χ3v) is 5.21. The molecule has 4 rings (SSSR count). The number of amides is 1. The first kappa shape index (κ1) is 17.1. The lowest BCUT2D eigenvalue weighted by Crippen LogP contribution is -2.36. The van der Waals surface area contributed by atoms with Gasteiger partial charge in [-0.05, 0) is 37.2 Å². The van der Waals surface area contributed by atoms with Crippen molar-refractivity contribution >= 4 is 5.91 Å². The van der Waals surface area contributed by atoms with Gasteiger partial charge in [0.15, 0.2) is 0 Å². The maximum absolute atomic E-state index is 12.6. The minimum absolute atomic E-state index is 0.173. The van der Waals surface area contributed by atoms with Crippen LogP contribution in [0.3, 0.4) is 0 Å². The molecule has 0 N–H and O–H groups in total. The molecule has 7 heteroatoms. The third kappa shape index (κ3) is 3.93. The van der Waals surface area contributed by atoms with E-state index in [1.807, 2.05) is 16.6 Å². The summed E-state index contributed by atoms with van der Waals surface area (Å²) in [5, 5.41) is 4.63. The van der Waals surface area contributed by atoms with Crippen LogP contribution in [-0.2, 0) is 42.6 Å². The fraction of sp³-hybridized carbons (Fsp3) is 0.579. The molecule has 1 aliphatic carbocycles. The number of carbonyl (C=O) groups is 1. The first-order chi connectivity index (χ1) is 12.7. The maximum Gasteiger partial charge on any atom is 0.223 e. The summed E-state index contributed by atoms with van der Waals surface area (Å²) in [7, 11) is 1.96. The number of hydrogen-bond acceptors (Lipinski definition) is 5. The van der Waals surface area contributed by atoms with Crippen LogP contribution in [0.5, 0.6) is 0 Å². The lowest BCUT2D eigenvalue weighted by molar-refractivity contribution is -0.132. The molecule has 1 aliphatic heterocycles. The monoisotopic (exact) mass is 355 g/mol. The Morgan fingerprint density at radius 2 is 2.12 bits per heavy atom. The molecule has 0 atom stereocenters. The van der Waals surface area contributed by atoms with Crippen molar-refractivity contribution in [2.24, 2.45) is 13.0 Å². The van der Waals surface area contributed by atoms with Crippen LogP contribution < -0.4 is 0 Å². The van der Waals surface area contributed by atoms with Crippen molar-refractivity contribution in [2.75, 3.05) is 13.2 Å². The number of carbonyl (C=O) groups excluding carboxylic acids is 1. The van der Waals surface area contributed by atoms with E-state index in [0.29, 0.717) is 26.0 Å². The fourth-order valence-electron chi connectivity index (χ4n) is 3.46. The van der Waals surface area contributed by atoms with E-state index in [1.165, 1.54) is 24.7 Å². The Hall–Kier alpha value is -2.28. The lowest BCUT2D eigenvalue weighted by atomic mass is 10.0. The van der Waals surface area contributed by atoms with Crippen molar-refractivity contribution in [2.45, 2.75) is 45.3 Å². The molecular weight excluding hydrogens is 330 g/mol. The summed E-state index contributed by atoms with van der Waals surface area (Å²) in [4.78, 5) is 22.5. The van der Waals surface area contributed by atoms with Crippen molar-refractivity contribution in [3.8, 4) is 0 Å². The average molecular weight is 355 g/mol. The van der Waals surface area contributed by atoms with E-state index in [9.17, 15) is 4.79 Å². The first-order valence-corrected chi connectivity index (χ1v) is 9.33. The first-order valence-electron chi connectivity index (χ1n) is 9.33. The van der Waals surface area contributed by atoms with Gasteiger partial charge in [-0.15, -0.1) is 0 Å². The molecule has 2 aromatic heterocycles. The predicted molar refractivity (Wildman–Crippen MR) is 95.1 cm³/mol. The Labute approximate surface area is 153 Å². The molecule has 0 radical (unpaired) electrons. The average Bonchev–Trinajstić information content (AvgIpc) is 3.44. The highest BCUT2D eigenvalue weighted by atomic mass is 16.5. The van der Waals surface area contributed by atoms with Crippen molar-refractivity contribution in [1.82, 2.24) is 24.6 Å². The van der Waals surface area contributed by atoms with Gasteiger partial charge in [0.05, 0.1) is 24.5 Å². The quantitative estimate of drug-likeness (QED) is 0.755. The highest BCUT2D eigenvalue weighted by Crippen LogP contribution is 2.29. The van der Waals surface area contributed by atoms with Crippen LogP contribution in [0.1, 0.15) is 41.8 Å². The van der Waals surface area contributed by atoms with Crippen molar-refractivity contribution in [1.29, 1.82) is 0 Å². The van der Waals surface area contributed by atoms with Crippen molar-refractivity contribution in [3.63, 3.8) is 0 Å². The van der Waals surface area contributed by atoms with Crippen LogP contribution in [0.25, 0.3) is 0 Å². The van der Waals surface area contributed by atoms with E-state index >= 15 is 0 Å². The fourth-order valence-corrected chi connectivity index (χ4v) is 3.46. The van der Waals surface area contributed by atoms with Crippen LogP contribution in [0, 0.1) is 5.92 Å². The summed E-state index contributed by atoms with van der Waals surface area (Å²) in [6.07, 6.45) is 9.65. The molecule has 1 amide bonds. The number of nitrogens with zero attached hydrogens (tertiary/aromatic N) is 5. The second kappa shape index (κ2) is 7.53. The van der Waals surface area contributed by atoms with E-state index in [2.05, 4.69) is 15.1 Å². The maximum atomic E-state index is 12.6. The summed E-state index contributed by atoms with van der Waals surface area (Å²) in [6, 6.07) is 0. The number of aromatic nitrogens is 4. The molecule has 1 saturated carbocycles. The number of rotatable bonds is 7. The second-order valence-electron chi connectivity index (χ2n) is 7.27. The molecule has 7 nitrogen and oxygen atoms in total. The van der Waals surface area contributed by atoms with Gasteiger partial charge in [0.2, 0.25) is 5.91 Å². The lowest BCUT2D eigenvalue weighted by Gasteiger charge is -2.27. The van der Waals surface area contributed by atoms with Crippen molar-refractivity contribution < 1.29 is 9.53 Å². The van der Waals surface area contributed by atoms with Crippen LogP contribution in [0.4, 0.5) is 0 Å². The molecule has 2 aliphatic rings. The summed E-state index contributed by atoms with van der Waals surface area (Å²) < 4.78 is 7.73. The molecule has 2 aromatic rings. The SMILES string of the molecule is Cn1nc(COCC2CC2)c2c1CN(C(=O)CCc1cncnc1)CC2. The molecule has 138 valence electrons. The number of aryl methyl sites for hydroxylation is 2. The van der Waals surface area contributed by atoms with Gasteiger partial charge in [-0.25, -0.2) is 9.97 Å². The van der Waals surface area contributed by atoms with Gasteiger partial charge in [-0.1, -0.05) is 0 Å². The normalized spacial score (nSPS) is 16.6. The van der Waals surface area contributed by atoms with Gasteiger partial charge in [0.1, 0.15) is 6.33 Å². The molecule has 3 heterocycles. The molecule has 0 unspecified atom stereocenters. The molecule has 0 spiro atoms. The Bertz CT molecular complexity index is 770. The van der Waals surface area contributed by atoms with E-state index in [4.69, 9.17) is 4.74 Å². The zero-order chi connectivity index (χ0) is 17.9. The molecule has 0 saturated heterocycles. The number of ether oxygens (including phenoxy) is 1. The summed E-state index contributed by atoms with van der Waals surface area (Å²) in [6.45, 7) is 2.81. The second-order valence-corrected chi connectivity index (χ2v) is 7.27. The van der Waals surface area contributed by atoms with Crippen LogP contribution in [0.15, 0.2) is 18.7 Å². The smallest absolute Gasteiger partial charge is 0.223 e. The number of fused-ring (bicyclic) bond motifs is 1. The number of hydrogen-bond donors (Lipinski definition) is 0. The zero-order valence-electron chi connectivity index (χ0n) is 15.2. The van der Waals surface area contributed by atoms with Gasteiger partial charge >= 0.3 is 0 Å². The van der Waals surface area contributed by atoms with Crippen LogP contribution in [0.2, 0.25) is 0 Å². The molecule has 0 aromatic carbocycles. The van der Waals surface area contributed by atoms with Gasteiger partial charge in [0.25, 0.3) is 0 Å². The summed E-state index contributed by atoms with van der Waals surface area (Å²) in [5.41, 5.74) is 4.44. The predicted octanol–water partition coefficient (Wildman–Crippen LogP) is 1.65.